The number of hydrogen-bond acceptors (Lipinski definition) is 6. The number of anilines is 2. The first-order valence-corrected chi connectivity index (χ1v) is 13.8. The van der Waals surface area contributed by atoms with Crippen LogP contribution in [0.3, 0.4) is 0 Å². The molecule has 2 aliphatic heterocycles. The van der Waals surface area contributed by atoms with Crippen molar-refractivity contribution in [3.8, 4) is 22.8 Å². The highest BCUT2D eigenvalue weighted by atomic mass is 35.5. The third kappa shape index (κ3) is 4.71. The second kappa shape index (κ2) is 10.5. The minimum atomic E-state index is -0.158. The smallest absolute Gasteiger partial charge is 0.255 e. The molecule has 1 unspecified atom stereocenters. The van der Waals surface area contributed by atoms with E-state index in [2.05, 4.69) is 20.6 Å². The predicted octanol–water partition coefficient (Wildman–Crippen LogP) is 6.03. The summed E-state index contributed by atoms with van der Waals surface area (Å²) < 4.78 is 17.7. The second-order valence-electron chi connectivity index (χ2n) is 10.4. The van der Waals surface area contributed by atoms with Crippen molar-refractivity contribution in [1.82, 2.24) is 15.3 Å². The highest BCUT2D eigenvalue weighted by molar-refractivity contribution is 6.32. The van der Waals surface area contributed by atoms with Gasteiger partial charge in [-0.15, -0.1) is 0 Å². The summed E-state index contributed by atoms with van der Waals surface area (Å²) in [6, 6.07) is 7.43. The fourth-order valence-corrected chi connectivity index (χ4v) is 6.09. The van der Waals surface area contributed by atoms with Gasteiger partial charge in [-0.05, 0) is 56.7 Å². The number of H-pyrrole nitrogens is 1. The summed E-state index contributed by atoms with van der Waals surface area (Å²) in [5, 5.41) is 7.24. The van der Waals surface area contributed by atoms with Gasteiger partial charge in [-0.2, -0.15) is 0 Å². The van der Waals surface area contributed by atoms with Crippen molar-refractivity contribution in [3.63, 3.8) is 0 Å². The molecule has 2 aromatic heterocycles. The normalized spacial score (nSPS) is 19.8. The Bertz CT molecular complexity index is 1330. The number of aromatic nitrogens is 2. The third-order valence-corrected chi connectivity index (χ3v) is 8.26. The number of aromatic amines is 1. The van der Waals surface area contributed by atoms with Crippen LogP contribution in [0.1, 0.15) is 61.0 Å². The number of ether oxygens (including phenoxy) is 3. The van der Waals surface area contributed by atoms with E-state index in [0.717, 1.165) is 68.5 Å². The number of nitrogens with zero attached hydrogens (tertiary/aromatic N) is 1. The molecule has 1 aliphatic carbocycles. The van der Waals surface area contributed by atoms with E-state index in [0.29, 0.717) is 40.1 Å². The summed E-state index contributed by atoms with van der Waals surface area (Å²) in [4.78, 5) is 21.4. The lowest BCUT2D eigenvalue weighted by Gasteiger charge is -2.45. The average Bonchev–Trinajstić information content (AvgIpc) is 3.27. The SMILES string of the molecule is COc1c(Cl)cccc1Nc1c(-c2ccncc2OCCC2CCCCO2)[nH]c2c1C(=O)NC1(CCC1)C2. The lowest BCUT2D eigenvalue weighted by Crippen LogP contribution is -2.57. The Morgan fingerprint density at radius 2 is 2.13 bits per heavy atom. The van der Waals surface area contributed by atoms with Gasteiger partial charge in [-0.3, -0.25) is 9.78 Å². The first-order chi connectivity index (χ1) is 18.6. The van der Waals surface area contributed by atoms with E-state index in [1.165, 1.54) is 6.42 Å². The van der Waals surface area contributed by atoms with E-state index < -0.39 is 0 Å². The molecule has 6 rings (SSSR count). The number of benzene rings is 1. The number of carbonyl (C=O) groups is 1. The Morgan fingerprint density at radius 1 is 1.24 bits per heavy atom. The molecule has 3 N–H and O–H groups in total. The minimum Gasteiger partial charge on any atom is -0.493 e. The van der Waals surface area contributed by atoms with Crippen molar-refractivity contribution in [2.24, 2.45) is 0 Å². The van der Waals surface area contributed by atoms with Crippen LogP contribution >= 0.6 is 11.6 Å². The molecule has 0 radical (unpaired) electrons. The zero-order valence-electron chi connectivity index (χ0n) is 21.6. The van der Waals surface area contributed by atoms with Gasteiger partial charge in [-0.1, -0.05) is 17.7 Å². The number of halogens is 1. The van der Waals surface area contributed by atoms with Crippen molar-refractivity contribution in [2.75, 3.05) is 25.6 Å². The Hall–Kier alpha value is -3.23. The van der Waals surface area contributed by atoms with E-state index in [4.69, 9.17) is 25.8 Å². The van der Waals surface area contributed by atoms with E-state index in [1.54, 1.807) is 25.6 Å². The quantitative estimate of drug-likeness (QED) is 0.325. The maximum Gasteiger partial charge on any atom is 0.255 e. The van der Waals surface area contributed by atoms with Gasteiger partial charge in [0, 0.05) is 42.4 Å². The number of hydrogen-bond donors (Lipinski definition) is 3. The first kappa shape index (κ1) is 25.1. The summed E-state index contributed by atoms with van der Waals surface area (Å²) in [5.41, 5.74) is 4.31. The summed E-state index contributed by atoms with van der Waals surface area (Å²) in [7, 11) is 1.58. The van der Waals surface area contributed by atoms with Gasteiger partial charge in [0.15, 0.2) is 5.75 Å². The summed E-state index contributed by atoms with van der Waals surface area (Å²) in [6.45, 7) is 1.35. The number of amides is 1. The number of fused-ring (bicyclic) bond motifs is 1. The molecule has 200 valence electrons. The lowest BCUT2D eigenvalue weighted by atomic mass is 9.71. The van der Waals surface area contributed by atoms with Crippen molar-refractivity contribution < 1.29 is 19.0 Å². The monoisotopic (exact) mass is 536 g/mol. The molecular formula is C29H33ClN4O4. The Labute approximate surface area is 227 Å². The number of carbonyl (C=O) groups excluding carboxylic acids is 1. The van der Waals surface area contributed by atoms with Crippen molar-refractivity contribution in [2.45, 2.75) is 63.0 Å². The Morgan fingerprint density at radius 3 is 2.89 bits per heavy atom. The number of para-hydroxylation sites is 1. The van der Waals surface area contributed by atoms with Crippen LogP contribution in [-0.2, 0) is 11.2 Å². The largest absolute Gasteiger partial charge is 0.493 e. The molecule has 1 spiro atoms. The molecule has 1 saturated carbocycles. The average molecular weight is 537 g/mol. The molecule has 4 heterocycles. The van der Waals surface area contributed by atoms with Gasteiger partial charge < -0.3 is 29.8 Å². The zero-order chi connectivity index (χ0) is 26.1. The highest BCUT2D eigenvalue weighted by Crippen LogP contribution is 2.46. The molecule has 3 aromatic rings. The van der Waals surface area contributed by atoms with Gasteiger partial charge in [0.25, 0.3) is 5.91 Å². The molecule has 1 atom stereocenters. The molecule has 1 saturated heterocycles. The van der Waals surface area contributed by atoms with Crippen LogP contribution in [-0.4, -0.2) is 47.8 Å². The third-order valence-electron chi connectivity index (χ3n) is 7.97. The minimum absolute atomic E-state index is 0.0806. The van der Waals surface area contributed by atoms with Crippen LogP contribution < -0.4 is 20.1 Å². The van der Waals surface area contributed by atoms with Crippen molar-refractivity contribution in [1.29, 1.82) is 0 Å². The van der Waals surface area contributed by atoms with Crippen LogP contribution in [0, 0.1) is 0 Å². The molecule has 2 fully saturated rings. The van der Waals surface area contributed by atoms with Crippen LogP contribution in [0.25, 0.3) is 11.3 Å². The summed E-state index contributed by atoms with van der Waals surface area (Å²) in [5.74, 6) is 1.09. The summed E-state index contributed by atoms with van der Waals surface area (Å²) in [6.07, 6.45) is 11.8. The number of pyridine rings is 1. The van der Waals surface area contributed by atoms with E-state index >= 15 is 0 Å². The molecular weight excluding hydrogens is 504 g/mol. The van der Waals surface area contributed by atoms with Crippen LogP contribution in [0.15, 0.2) is 36.7 Å². The Balaban J connectivity index is 1.37. The van der Waals surface area contributed by atoms with Crippen LogP contribution in [0.5, 0.6) is 11.5 Å². The molecule has 1 amide bonds. The second-order valence-corrected chi connectivity index (χ2v) is 10.8. The van der Waals surface area contributed by atoms with Gasteiger partial charge in [0.1, 0.15) is 5.75 Å². The van der Waals surface area contributed by atoms with E-state index in [-0.39, 0.29) is 17.6 Å². The zero-order valence-corrected chi connectivity index (χ0v) is 22.3. The highest BCUT2D eigenvalue weighted by Gasteiger charge is 2.45. The van der Waals surface area contributed by atoms with E-state index in [9.17, 15) is 4.79 Å². The van der Waals surface area contributed by atoms with Gasteiger partial charge >= 0.3 is 0 Å². The fraction of sp³-hybridized carbons (Fsp3) is 0.448. The van der Waals surface area contributed by atoms with Gasteiger partial charge in [0.05, 0.1) is 53.7 Å². The fourth-order valence-electron chi connectivity index (χ4n) is 5.84. The summed E-state index contributed by atoms with van der Waals surface area (Å²) >= 11 is 6.42. The number of methoxy groups -OCH3 is 1. The molecule has 1 aromatic carbocycles. The molecule has 3 aliphatic rings. The number of rotatable bonds is 8. The molecule has 9 heteroatoms. The molecule has 38 heavy (non-hydrogen) atoms. The van der Waals surface area contributed by atoms with Crippen LogP contribution in [0.2, 0.25) is 5.02 Å². The van der Waals surface area contributed by atoms with Crippen molar-refractivity contribution >= 4 is 28.9 Å². The maximum absolute atomic E-state index is 13.5. The topological polar surface area (TPSA) is 97.5 Å². The molecule has 0 bridgehead atoms. The van der Waals surface area contributed by atoms with Crippen LogP contribution in [0.4, 0.5) is 11.4 Å². The lowest BCUT2D eigenvalue weighted by molar-refractivity contribution is 0.00406. The standard InChI is InChI=1S/C29H33ClN4O4/c1-36-27-20(30)7-4-8-21(27)32-26-24-22(16-29(11-5-12-29)34-28(24)35)33-25(26)19-9-13-31-17-23(19)38-15-10-18-6-2-3-14-37-18/h4,7-9,13,17-18,32-33H,2-3,5-6,10-12,14-16H2,1H3,(H,34,35). The predicted molar refractivity (Wildman–Crippen MR) is 147 cm³/mol. The van der Waals surface area contributed by atoms with Gasteiger partial charge in [-0.25, -0.2) is 0 Å². The maximum atomic E-state index is 13.5. The number of nitrogens with one attached hydrogen (secondary N) is 3. The van der Waals surface area contributed by atoms with Gasteiger partial charge in [0.2, 0.25) is 0 Å². The van der Waals surface area contributed by atoms with Crippen molar-refractivity contribution in [3.05, 3.63) is 52.9 Å². The molecule has 8 nitrogen and oxygen atoms in total. The Kier molecular flexibility index (Phi) is 6.93. The first-order valence-electron chi connectivity index (χ1n) is 13.4. The van der Waals surface area contributed by atoms with E-state index in [1.807, 2.05) is 18.2 Å².